The van der Waals surface area contributed by atoms with Crippen molar-refractivity contribution in [3.8, 4) is 5.75 Å². The van der Waals surface area contributed by atoms with E-state index in [1.807, 2.05) is 83.5 Å². The van der Waals surface area contributed by atoms with E-state index < -0.39 is 0 Å². The summed E-state index contributed by atoms with van der Waals surface area (Å²) in [7, 11) is 0. The number of ether oxygens (including phenoxy) is 2. The molecule has 1 unspecified atom stereocenters. The first-order chi connectivity index (χ1) is 16.1. The Hall–Kier alpha value is -3.61. The fourth-order valence-electron chi connectivity index (χ4n) is 3.69. The summed E-state index contributed by atoms with van der Waals surface area (Å²) in [5.41, 5.74) is 4.03. The molecule has 0 aliphatic carbocycles. The summed E-state index contributed by atoms with van der Waals surface area (Å²) in [5, 5.41) is 8.07. The highest BCUT2D eigenvalue weighted by Gasteiger charge is 2.24. The Bertz CT molecular complexity index is 1240. The smallest absolute Gasteiger partial charge is 0.276 e. The highest BCUT2D eigenvalue weighted by molar-refractivity contribution is 6.30. The van der Waals surface area contributed by atoms with E-state index in [-0.39, 0.29) is 12.0 Å². The number of nitrogens with one attached hydrogen (secondary N) is 1. The third-order valence-electron chi connectivity index (χ3n) is 5.47. The summed E-state index contributed by atoms with van der Waals surface area (Å²) in [6, 6.07) is 26.6. The Balaban J connectivity index is 1.20. The van der Waals surface area contributed by atoms with Gasteiger partial charge in [0.05, 0.1) is 18.8 Å². The van der Waals surface area contributed by atoms with E-state index in [0.29, 0.717) is 36.2 Å². The van der Waals surface area contributed by atoms with E-state index in [2.05, 4.69) is 10.4 Å². The molecule has 0 saturated heterocycles. The lowest BCUT2D eigenvalue weighted by Gasteiger charge is -2.24. The molecule has 2 heterocycles. The molecule has 4 aromatic rings. The monoisotopic (exact) mass is 459 g/mol. The SMILES string of the molecule is O=C(Nc1ccc(OCc2ccccc2)cc1)c1cc2n(n1)CC(c1ccc(Cl)cc1)OC2. The summed E-state index contributed by atoms with van der Waals surface area (Å²) in [6.07, 6.45) is -0.131. The molecule has 0 spiro atoms. The van der Waals surface area contributed by atoms with Crippen molar-refractivity contribution >= 4 is 23.2 Å². The molecule has 0 bridgehead atoms. The van der Waals surface area contributed by atoms with Crippen LogP contribution in [0.5, 0.6) is 5.75 Å². The van der Waals surface area contributed by atoms with Gasteiger partial charge in [0.2, 0.25) is 0 Å². The highest BCUT2D eigenvalue weighted by atomic mass is 35.5. The van der Waals surface area contributed by atoms with Gasteiger partial charge in [-0.15, -0.1) is 0 Å². The standard InChI is InChI=1S/C26H22ClN3O3/c27-20-8-6-19(7-9-20)25-15-30-22(17-33-25)14-24(29-30)26(31)28-21-10-12-23(13-11-21)32-16-18-4-2-1-3-5-18/h1-14,25H,15-17H2,(H,28,31). The second kappa shape index (κ2) is 9.48. The van der Waals surface area contributed by atoms with Gasteiger partial charge in [0.15, 0.2) is 5.69 Å². The van der Waals surface area contributed by atoms with Crippen LogP contribution in [-0.2, 0) is 24.5 Å². The summed E-state index contributed by atoms with van der Waals surface area (Å²) in [4.78, 5) is 12.7. The van der Waals surface area contributed by atoms with Gasteiger partial charge in [-0.2, -0.15) is 5.10 Å². The van der Waals surface area contributed by atoms with Crippen LogP contribution in [0.3, 0.4) is 0 Å². The number of fused-ring (bicyclic) bond motifs is 1. The molecule has 0 saturated carbocycles. The van der Waals surface area contributed by atoms with Gasteiger partial charge in [0.25, 0.3) is 5.91 Å². The van der Waals surface area contributed by atoms with E-state index in [4.69, 9.17) is 21.1 Å². The van der Waals surface area contributed by atoms with Crippen LogP contribution in [-0.4, -0.2) is 15.7 Å². The minimum absolute atomic E-state index is 0.131. The minimum Gasteiger partial charge on any atom is -0.489 e. The molecule has 1 aliphatic rings. The minimum atomic E-state index is -0.266. The molecule has 166 valence electrons. The summed E-state index contributed by atoms with van der Waals surface area (Å²) >= 11 is 5.98. The topological polar surface area (TPSA) is 65.4 Å². The molecule has 1 aliphatic heterocycles. The Labute approximate surface area is 196 Å². The van der Waals surface area contributed by atoms with Crippen LogP contribution in [0.2, 0.25) is 5.02 Å². The summed E-state index contributed by atoms with van der Waals surface area (Å²) in [6.45, 7) is 1.42. The quantitative estimate of drug-likeness (QED) is 0.405. The molecule has 1 atom stereocenters. The first kappa shape index (κ1) is 21.2. The summed E-state index contributed by atoms with van der Waals surface area (Å²) < 4.78 is 13.6. The predicted octanol–water partition coefficient (Wildman–Crippen LogP) is 5.64. The zero-order valence-electron chi connectivity index (χ0n) is 17.8. The van der Waals surface area contributed by atoms with Crippen molar-refractivity contribution < 1.29 is 14.3 Å². The van der Waals surface area contributed by atoms with Crippen molar-refractivity contribution in [1.82, 2.24) is 9.78 Å². The largest absolute Gasteiger partial charge is 0.489 e. The average molecular weight is 460 g/mol. The number of carbonyl (C=O) groups excluding carboxylic acids is 1. The number of hydrogen-bond donors (Lipinski definition) is 1. The van der Waals surface area contributed by atoms with Crippen LogP contribution in [0.1, 0.15) is 33.4 Å². The van der Waals surface area contributed by atoms with E-state index in [1.54, 1.807) is 6.07 Å². The first-order valence-corrected chi connectivity index (χ1v) is 11.0. The zero-order valence-corrected chi connectivity index (χ0v) is 18.5. The second-order valence-corrected chi connectivity index (χ2v) is 8.24. The van der Waals surface area contributed by atoms with Gasteiger partial charge < -0.3 is 14.8 Å². The van der Waals surface area contributed by atoms with Crippen molar-refractivity contribution in [2.75, 3.05) is 5.32 Å². The molecule has 1 N–H and O–H groups in total. The van der Waals surface area contributed by atoms with Gasteiger partial charge in [0, 0.05) is 10.7 Å². The van der Waals surface area contributed by atoms with Crippen LogP contribution in [0, 0.1) is 0 Å². The average Bonchev–Trinajstić information content (AvgIpc) is 3.28. The normalized spacial score (nSPS) is 15.0. The predicted molar refractivity (Wildman–Crippen MR) is 126 cm³/mol. The van der Waals surface area contributed by atoms with Gasteiger partial charge in [-0.05, 0) is 53.6 Å². The lowest BCUT2D eigenvalue weighted by molar-refractivity contribution is -0.00118. The fourth-order valence-corrected chi connectivity index (χ4v) is 3.81. The van der Waals surface area contributed by atoms with Gasteiger partial charge in [-0.25, -0.2) is 0 Å². The molecule has 5 rings (SSSR count). The first-order valence-electron chi connectivity index (χ1n) is 10.7. The Kier molecular flexibility index (Phi) is 6.11. The Morgan fingerprint density at radius 1 is 1.06 bits per heavy atom. The zero-order chi connectivity index (χ0) is 22.6. The van der Waals surface area contributed by atoms with Crippen LogP contribution < -0.4 is 10.1 Å². The molecule has 0 fully saturated rings. The lowest BCUT2D eigenvalue weighted by atomic mass is 10.1. The molecule has 1 amide bonds. The number of amides is 1. The van der Waals surface area contributed by atoms with Crippen LogP contribution in [0.15, 0.2) is 84.9 Å². The molecule has 0 radical (unpaired) electrons. The fraction of sp³-hybridized carbons (Fsp3) is 0.154. The lowest BCUT2D eigenvalue weighted by Crippen LogP contribution is -2.22. The van der Waals surface area contributed by atoms with E-state index >= 15 is 0 Å². The number of halogens is 1. The number of benzene rings is 3. The molecule has 6 nitrogen and oxygen atoms in total. The van der Waals surface area contributed by atoms with Crippen molar-refractivity contribution in [2.45, 2.75) is 25.9 Å². The maximum absolute atomic E-state index is 12.7. The van der Waals surface area contributed by atoms with Gasteiger partial charge in [-0.3, -0.25) is 9.48 Å². The molecular formula is C26H22ClN3O3. The van der Waals surface area contributed by atoms with Crippen molar-refractivity contribution in [3.05, 3.63) is 112 Å². The van der Waals surface area contributed by atoms with Crippen molar-refractivity contribution in [1.29, 1.82) is 0 Å². The third-order valence-corrected chi connectivity index (χ3v) is 5.72. The number of nitrogens with zero attached hydrogens (tertiary/aromatic N) is 2. The van der Waals surface area contributed by atoms with E-state index in [0.717, 1.165) is 22.6 Å². The Morgan fingerprint density at radius 3 is 2.58 bits per heavy atom. The van der Waals surface area contributed by atoms with Crippen LogP contribution >= 0.6 is 11.6 Å². The molecular weight excluding hydrogens is 438 g/mol. The maximum Gasteiger partial charge on any atom is 0.276 e. The van der Waals surface area contributed by atoms with E-state index in [9.17, 15) is 4.79 Å². The van der Waals surface area contributed by atoms with Gasteiger partial charge in [-0.1, -0.05) is 54.1 Å². The van der Waals surface area contributed by atoms with Gasteiger partial charge >= 0.3 is 0 Å². The number of hydrogen-bond acceptors (Lipinski definition) is 4. The maximum atomic E-state index is 12.7. The number of carbonyl (C=O) groups is 1. The van der Waals surface area contributed by atoms with Crippen molar-refractivity contribution in [2.24, 2.45) is 0 Å². The number of anilines is 1. The third kappa shape index (κ3) is 5.08. The molecule has 3 aromatic carbocycles. The van der Waals surface area contributed by atoms with Crippen LogP contribution in [0.25, 0.3) is 0 Å². The van der Waals surface area contributed by atoms with Crippen molar-refractivity contribution in [3.63, 3.8) is 0 Å². The second-order valence-electron chi connectivity index (χ2n) is 7.81. The molecule has 7 heteroatoms. The summed E-state index contributed by atoms with van der Waals surface area (Å²) in [5.74, 6) is 0.470. The Morgan fingerprint density at radius 2 is 1.82 bits per heavy atom. The van der Waals surface area contributed by atoms with Gasteiger partial charge in [0.1, 0.15) is 18.5 Å². The number of aromatic nitrogens is 2. The van der Waals surface area contributed by atoms with Crippen LogP contribution in [0.4, 0.5) is 5.69 Å². The highest BCUT2D eigenvalue weighted by Crippen LogP contribution is 2.27. The molecule has 1 aromatic heterocycles. The van der Waals surface area contributed by atoms with E-state index in [1.165, 1.54) is 0 Å². The number of rotatable bonds is 6. The molecule has 33 heavy (non-hydrogen) atoms.